The van der Waals surface area contributed by atoms with E-state index in [0.29, 0.717) is 30.6 Å². The molecular formula is C18H21N5O3S. The molecule has 0 aliphatic carbocycles. The Morgan fingerprint density at radius 1 is 1.22 bits per heavy atom. The fourth-order valence-corrected chi connectivity index (χ4v) is 3.76. The van der Waals surface area contributed by atoms with E-state index in [-0.39, 0.29) is 5.91 Å². The van der Waals surface area contributed by atoms with Crippen LogP contribution in [-0.4, -0.2) is 63.7 Å². The predicted octanol–water partition coefficient (Wildman–Crippen LogP) is 2.49. The van der Waals surface area contributed by atoms with Crippen molar-refractivity contribution in [1.82, 2.24) is 25.1 Å². The third-order valence-electron chi connectivity index (χ3n) is 4.57. The Hall–Kier alpha value is -2.52. The second-order valence-electron chi connectivity index (χ2n) is 6.56. The van der Waals surface area contributed by atoms with Gasteiger partial charge in [0.05, 0.1) is 10.6 Å². The largest absolute Gasteiger partial charge is 0.351 e. The number of aromatic nitrogens is 3. The maximum Gasteiger partial charge on any atom is 0.292 e. The minimum atomic E-state index is -0.0813. The summed E-state index contributed by atoms with van der Waals surface area (Å²) >= 11 is 1.60. The maximum absolute atomic E-state index is 12.4. The van der Waals surface area contributed by atoms with Gasteiger partial charge in [-0.05, 0) is 31.3 Å². The highest BCUT2D eigenvalue weighted by atomic mass is 32.1. The van der Waals surface area contributed by atoms with Crippen LogP contribution in [0.4, 0.5) is 0 Å². The molecule has 9 heteroatoms. The second kappa shape index (κ2) is 8.01. The zero-order chi connectivity index (χ0) is 18.6. The summed E-state index contributed by atoms with van der Waals surface area (Å²) in [6.45, 7) is 5.85. The molecule has 1 saturated heterocycles. The number of hydrogen-bond donors (Lipinski definition) is 0. The van der Waals surface area contributed by atoms with Gasteiger partial charge in [-0.25, -0.2) is 0 Å². The molecule has 1 aliphatic heterocycles. The molecule has 27 heavy (non-hydrogen) atoms. The molecule has 0 bridgehead atoms. The molecule has 8 nitrogen and oxygen atoms in total. The maximum atomic E-state index is 12.4. The molecule has 1 fully saturated rings. The zero-order valence-electron chi connectivity index (χ0n) is 15.1. The first-order valence-electron chi connectivity index (χ1n) is 9.00. The van der Waals surface area contributed by atoms with Crippen LogP contribution in [0.1, 0.15) is 28.6 Å². The predicted molar refractivity (Wildman–Crippen MR) is 99.5 cm³/mol. The summed E-state index contributed by atoms with van der Waals surface area (Å²) in [5.41, 5.74) is 0.722. The van der Waals surface area contributed by atoms with Gasteiger partial charge in [-0.2, -0.15) is 4.98 Å². The average molecular weight is 387 g/mol. The SMILES string of the molecule is Cc1cc(C(=O)N2CCN(CCCc3nc(-c4cccs4)no3)CC2)on1. The molecule has 0 aromatic carbocycles. The van der Waals surface area contributed by atoms with Gasteiger partial charge in [-0.1, -0.05) is 16.4 Å². The Kier molecular flexibility index (Phi) is 5.30. The molecule has 0 radical (unpaired) electrons. The van der Waals surface area contributed by atoms with Crippen molar-refractivity contribution in [1.29, 1.82) is 0 Å². The number of aryl methyl sites for hydroxylation is 2. The van der Waals surface area contributed by atoms with Crippen molar-refractivity contribution < 1.29 is 13.8 Å². The monoisotopic (exact) mass is 387 g/mol. The molecular weight excluding hydrogens is 366 g/mol. The zero-order valence-corrected chi connectivity index (χ0v) is 15.9. The molecule has 3 aromatic heterocycles. The summed E-state index contributed by atoms with van der Waals surface area (Å²) in [5, 5.41) is 9.82. The lowest BCUT2D eigenvalue weighted by Crippen LogP contribution is -2.48. The summed E-state index contributed by atoms with van der Waals surface area (Å²) in [6.07, 6.45) is 1.70. The van der Waals surface area contributed by atoms with Crippen molar-refractivity contribution in [3.63, 3.8) is 0 Å². The summed E-state index contributed by atoms with van der Waals surface area (Å²) in [6, 6.07) is 5.65. The summed E-state index contributed by atoms with van der Waals surface area (Å²) in [5.74, 6) is 1.57. The number of rotatable bonds is 6. The van der Waals surface area contributed by atoms with Gasteiger partial charge in [0.2, 0.25) is 17.5 Å². The van der Waals surface area contributed by atoms with Crippen molar-refractivity contribution in [2.45, 2.75) is 19.8 Å². The Balaban J connectivity index is 1.20. The van der Waals surface area contributed by atoms with Gasteiger partial charge >= 0.3 is 0 Å². The van der Waals surface area contributed by atoms with Gasteiger partial charge in [-0.15, -0.1) is 11.3 Å². The first kappa shape index (κ1) is 17.9. The van der Waals surface area contributed by atoms with Crippen LogP contribution in [0.2, 0.25) is 0 Å². The summed E-state index contributed by atoms with van der Waals surface area (Å²) in [7, 11) is 0. The summed E-state index contributed by atoms with van der Waals surface area (Å²) < 4.78 is 10.4. The van der Waals surface area contributed by atoms with Crippen molar-refractivity contribution in [3.05, 3.63) is 40.9 Å². The van der Waals surface area contributed by atoms with E-state index < -0.39 is 0 Å². The minimum absolute atomic E-state index is 0.0813. The quantitative estimate of drug-likeness (QED) is 0.642. The summed E-state index contributed by atoms with van der Waals surface area (Å²) in [4.78, 5) is 22.0. The Bertz CT molecular complexity index is 881. The van der Waals surface area contributed by atoms with Crippen LogP contribution < -0.4 is 0 Å². The van der Waals surface area contributed by atoms with Crippen LogP contribution in [0.5, 0.6) is 0 Å². The number of nitrogens with zero attached hydrogens (tertiary/aromatic N) is 5. The van der Waals surface area contributed by atoms with E-state index in [1.807, 2.05) is 29.3 Å². The van der Waals surface area contributed by atoms with Gasteiger partial charge in [0, 0.05) is 38.7 Å². The molecule has 0 N–H and O–H groups in total. The number of amides is 1. The van der Waals surface area contributed by atoms with Crippen LogP contribution in [0.15, 0.2) is 32.6 Å². The fourth-order valence-electron chi connectivity index (χ4n) is 3.11. The van der Waals surface area contributed by atoms with E-state index in [2.05, 4.69) is 20.2 Å². The molecule has 0 saturated carbocycles. The molecule has 3 aromatic rings. The topological polar surface area (TPSA) is 88.5 Å². The van der Waals surface area contributed by atoms with Crippen molar-refractivity contribution in [2.75, 3.05) is 32.7 Å². The third-order valence-corrected chi connectivity index (χ3v) is 5.44. The number of carbonyl (C=O) groups excluding carboxylic acids is 1. The molecule has 0 spiro atoms. The number of thiophene rings is 1. The van der Waals surface area contributed by atoms with Crippen molar-refractivity contribution in [2.24, 2.45) is 0 Å². The van der Waals surface area contributed by atoms with Gasteiger partial charge < -0.3 is 13.9 Å². The lowest BCUT2D eigenvalue weighted by molar-refractivity contribution is 0.0595. The second-order valence-corrected chi connectivity index (χ2v) is 7.51. The van der Waals surface area contributed by atoms with Crippen LogP contribution in [-0.2, 0) is 6.42 Å². The molecule has 1 amide bonds. The lowest BCUT2D eigenvalue weighted by Gasteiger charge is -2.34. The highest BCUT2D eigenvalue weighted by molar-refractivity contribution is 7.13. The van der Waals surface area contributed by atoms with E-state index >= 15 is 0 Å². The Morgan fingerprint density at radius 2 is 2.07 bits per heavy atom. The van der Waals surface area contributed by atoms with Gasteiger partial charge in [-0.3, -0.25) is 9.69 Å². The normalized spacial score (nSPS) is 15.4. The molecule has 142 valence electrons. The average Bonchev–Trinajstić information content (AvgIpc) is 3.43. The first-order valence-corrected chi connectivity index (χ1v) is 9.88. The first-order chi connectivity index (χ1) is 13.2. The van der Waals surface area contributed by atoms with Gasteiger partial charge in [0.15, 0.2) is 0 Å². The number of carbonyl (C=O) groups is 1. The van der Waals surface area contributed by atoms with Gasteiger partial charge in [0.1, 0.15) is 0 Å². The molecule has 1 aliphatic rings. The molecule has 0 atom stereocenters. The van der Waals surface area contributed by atoms with Crippen LogP contribution in [0.25, 0.3) is 10.7 Å². The molecule has 0 unspecified atom stereocenters. The smallest absolute Gasteiger partial charge is 0.292 e. The van der Waals surface area contributed by atoms with Crippen LogP contribution >= 0.6 is 11.3 Å². The standard InChI is InChI=1S/C18H21N5O3S/c1-13-12-14(25-20-13)18(24)23-9-7-22(8-10-23)6-2-5-16-19-17(21-26-16)15-4-3-11-27-15/h3-4,11-12H,2,5-10H2,1H3. The van der Waals surface area contributed by atoms with E-state index in [9.17, 15) is 4.79 Å². The van der Waals surface area contributed by atoms with Gasteiger partial charge in [0.25, 0.3) is 5.91 Å². The minimum Gasteiger partial charge on any atom is -0.351 e. The fraction of sp³-hybridized carbons (Fsp3) is 0.444. The van der Waals surface area contributed by atoms with Crippen molar-refractivity contribution >= 4 is 17.2 Å². The van der Waals surface area contributed by atoms with Crippen LogP contribution in [0.3, 0.4) is 0 Å². The third kappa shape index (κ3) is 4.25. The van der Waals surface area contributed by atoms with E-state index in [4.69, 9.17) is 9.05 Å². The number of hydrogen-bond acceptors (Lipinski definition) is 8. The Morgan fingerprint density at radius 3 is 2.78 bits per heavy atom. The molecule has 4 heterocycles. The van der Waals surface area contributed by atoms with E-state index in [1.165, 1.54) is 0 Å². The highest BCUT2D eigenvalue weighted by Crippen LogP contribution is 2.21. The number of piperazine rings is 1. The Labute approximate surface area is 160 Å². The van der Waals surface area contributed by atoms with E-state index in [1.54, 1.807) is 17.4 Å². The molecule has 4 rings (SSSR count). The van der Waals surface area contributed by atoms with Crippen LogP contribution in [0, 0.1) is 6.92 Å². The van der Waals surface area contributed by atoms with E-state index in [0.717, 1.165) is 43.0 Å². The highest BCUT2D eigenvalue weighted by Gasteiger charge is 2.24. The lowest BCUT2D eigenvalue weighted by atomic mass is 10.2. The van der Waals surface area contributed by atoms with Crippen molar-refractivity contribution in [3.8, 4) is 10.7 Å².